The number of amides is 3. The standard InChI is InChI=1S/C26H33N3O5/c1-17-14-29(25(31)20-9-7-6-8-10-20)18(2)16-34-23-13-21(27-19(3)30)11-12-22(23)26(32)28(4)15-24(17)33-5/h6-13,17-18,24H,14-16H2,1-5H3,(H,27,30)/t17-,18-,24-/m0/s1. The molecule has 3 atom stereocenters. The van der Waals surface area contributed by atoms with Gasteiger partial charge in [-0.3, -0.25) is 14.4 Å². The number of fused-ring (bicyclic) bond motifs is 1. The predicted molar refractivity (Wildman–Crippen MR) is 130 cm³/mol. The van der Waals surface area contributed by atoms with Crippen LogP contribution < -0.4 is 10.1 Å². The molecular weight excluding hydrogens is 434 g/mol. The van der Waals surface area contributed by atoms with E-state index in [1.807, 2.05) is 32.0 Å². The van der Waals surface area contributed by atoms with Gasteiger partial charge in [-0.05, 0) is 31.2 Å². The Morgan fingerprint density at radius 2 is 1.79 bits per heavy atom. The van der Waals surface area contributed by atoms with E-state index in [1.54, 1.807) is 54.3 Å². The SMILES string of the molecule is CO[C@H]1CN(C)C(=O)c2ccc(NC(C)=O)cc2OC[C@H](C)N(C(=O)c2ccccc2)C[C@@H]1C. The van der Waals surface area contributed by atoms with Gasteiger partial charge in [-0.25, -0.2) is 0 Å². The average Bonchev–Trinajstić information content (AvgIpc) is 2.82. The Bertz CT molecular complexity index is 1030. The third kappa shape index (κ3) is 5.94. The lowest BCUT2D eigenvalue weighted by Gasteiger charge is -2.36. The number of likely N-dealkylation sites (N-methyl/N-ethyl adjacent to an activating group) is 1. The fraction of sp³-hybridized carbons (Fsp3) is 0.423. The Morgan fingerprint density at radius 1 is 1.09 bits per heavy atom. The zero-order chi connectivity index (χ0) is 24.8. The van der Waals surface area contributed by atoms with Gasteiger partial charge in [-0.1, -0.05) is 25.1 Å². The first-order valence-corrected chi connectivity index (χ1v) is 11.4. The number of carbonyl (C=O) groups excluding carboxylic acids is 3. The van der Waals surface area contributed by atoms with Crippen LogP contribution in [0.15, 0.2) is 48.5 Å². The maximum absolute atomic E-state index is 13.4. The topological polar surface area (TPSA) is 88.2 Å². The average molecular weight is 468 g/mol. The third-order valence-electron chi connectivity index (χ3n) is 6.05. The smallest absolute Gasteiger partial charge is 0.257 e. The highest BCUT2D eigenvalue weighted by molar-refractivity contribution is 5.98. The summed E-state index contributed by atoms with van der Waals surface area (Å²) in [5.41, 5.74) is 1.51. The zero-order valence-corrected chi connectivity index (χ0v) is 20.4. The number of hydrogen-bond donors (Lipinski definition) is 1. The summed E-state index contributed by atoms with van der Waals surface area (Å²) < 4.78 is 11.8. The molecule has 1 heterocycles. The summed E-state index contributed by atoms with van der Waals surface area (Å²) in [4.78, 5) is 41.6. The fourth-order valence-electron chi connectivity index (χ4n) is 4.08. The molecular formula is C26H33N3O5. The molecule has 2 aromatic carbocycles. The van der Waals surface area contributed by atoms with E-state index in [4.69, 9.17) is 9.47 Å². The maximum atomic E-state index is 13.4. The van der Waals surface area contributed by atoms with Crippen LogP contribution in [-0.4, -0.2) is 73.5 Å². The van der Waals surface area contributed by atoms with Crippen LogP contribution in [-0.2, 0) is 9.53 Å². The molecule has 3 amide bonds. The molecule has 0 radical (unpaired) electrons. The molecule has 0 bridgehead atoms. The third-order valence-corrected chi connectivity index (χ3v) is 6.05. The van der Waals surface area contributed by atoms with Crippen molar-refractivity contribution in [2.75, 3.05) is 39.2 Å². The van der Waals surface area contributed by atoms with Crippen LogP contribution in [0.3, 0.4) is 0 Å². The van der Waals surface area contributed by atoms with Crippen molar-refractivity contribution in [1.82, 2.24) is 9.80 Å². The monoisotopic (exact) mass is 467 g/mol. The molecule has 8 nitrogen and oxygen atoms in total. The molecule has 0 aromatic heterocycles. The van der Waals surface area contributed by atoms with Gasteiger partial charge in [0.2, 0.25) is 5.91 Å². The molecule has 8 heteroatoms. The molecule has 0 spiro atoms. The minimum Gasteiger partial charge on any atom is -0.491 e. The highest BCUT2D eigenvalue weighted by Crippen LogP contribution is 2.27. The predicted octanol–water partition coefficient (Wildman–Crippen LogP) is 3.29. The molecule has 3 rings (SSSR count). The number of nitrogens with zero attached hydrogens (tertiary/aromatic N) is 2. The second kappa shape index (κ2) is 11.2. The van der Waals surface area contributed by atoms with Gasteiger partial charge in [-0.2, -0.15) is 0 Å². The molecule has 1 aliphatic rings. The van der Waals surface area contributed by atoms with Crippen molar-refractivity contribution in [2.24, 2.45) is 5.92 Å². The Balaban J connectivity index is 2.00. The maximum Gasteiger partial charge on any atom is 0.257 e. The van der Waals surface area contributed by atoms with Crippen molar-refractivity contribution in [3.05, 3.63) is 59.7 Å². The van der Waals surface area contributed by atoms with Gasteiger partial charge in [0.25, 0.3) is 11.8 Å². The molecule has 0 saturated carbocycles. The number of ether oxygens (including phenoxy) is 2. The first-order valence-electron chi connectivity index (χ1n) is 11.4. The van der Waals surface area contributed by atoms with Crippen LogP contribution in [0.5, 0.6) is 5.75 Å². The van der Waals surface area contributed by atoms with Crippen LogP contribution in [0.2, 0.25) is 0 Å². The first kappa shape index (κ1) is 25.2. The van der Waals surface area contributed by atoms with E-state index in [1.165, 1.54) is 6.92 Å². The van der Waals surface area contributed by atoms with E-state index < -0.39 is 0 Å². The Labute approximate surface area is 200 Å². The van der Waals surface area contributed by atoms with Crippen molar-refractivity contribution in [2.45, 2.75) is 32.9 Å². The van der Waals surface area contributed by atoms with Crippen molar-refractivity contribution >= 4 is 23.4 Å². The highest BCUT2D eigenvalue weighted by Gasteiger charge is 2.30. The fourth-order valence-corrected chi connectivity index (χ4v) is 4.08. The normalized spacial score (nSPS) is 21.6. The number of rotatable bonds is 3. The summed E-state index contributed by atoms with van der Waals surface area (Å²) >= 11 is 0. The Morgan fingerprint density at radius 3 is 2.44 bits per heavy atom. The van der Waals surface area contributed by atoms with Gasteiger partial charge in [0, 0.05) is 57.4 Å². The molecule has 182 valence electrons. The van der Waals surface area contributed by atoms with Crippen LogP contribution in [0.4, 0.5) is 5.69 Å². The lowest BCUT2D eigenvalue weighted by molar-refractivity contribution is -0.114. The second-order valence-electron chi connectivity index (χ2n) is 8.81. The van der Waals surface area contributed by atoms with Crippen LogP contribution >= 0.6 is 0 Å². The molecule has 0 fully saturated rings. The summed E-state index contributed by atoms with van der Waals surface area (Å²) in [6.07, 6.45) is -0.269. The van der Waals surface area contributed by atoms with Gasteiger partial charge in [0.1, 0.15) is 12.4 Å². The van der Waals surface area contributed by atoms with E-state index in [-0.39, 0.29) is 42.4 Å². The van der Waals surface area contributed by atoms with E-state index in [9.17, 15) is 14.4 Å². The van der Waals surface area contributed by atoms with Gasteiger partial charge in [-0.15, -0.1) is 0 Å². The van der Waals surface area contributed by atoms with Crippen molar-refractivity contribution in [1.29, 1.82) is 0 Å². The molecule has 0 saturated heterocycles. The molecule has 1 N–H and O–H groups in total. The number of methoxy groups -OCH3 is 1. The first-order chi connectivity index (χ1) is 16.2. The van der Waals surface area contributed by atoms with Crippen molar-refractivity contribution < 1.29 is 23.9 Å². The van der Waals surface area contributed by atoms with E-state index >= 15 is 0 Å². The molecule has 2 aromatic rings. The van der Waals surface area contributed by atoms with Crippen LogP contribution in [0.1, 0.15) is 41.5 Å². The van der Waals surface area contributed by atoms with Crippen LogP contribution in [0.25, 0.3) is 0 Å². The lowest BCUT2D eigenvalue weighted by atomic mass is 10.0. The summed E-state index contributed by atoms with van der Waals surface area (Å²) in [7, 11) is 3.34. The summed E-state index contributed by atoms with van der Waals surface area (Å²) in [6, 6.07) is 13.8. The quantitative estimate of drug-likeness (QED) is 0.748. The van der Waals surface area contributed by atoms with Gasteiger partial charge < -0.3 is 24.6 Å². The van der Waals surface area contributed by atoms with Gasteiger partial charge in [0.15, 0.2) is 0 Å². The highest BCUT2D eigenvalue weighted by atomic mass is 16.5. The van der Waals surface area contributed by atoms with Crippen molar-refractivity contribution in [3.8, 4) is 5.75 Å². The largest absolute Gasteiger partial charge is 0.491 e. The summed E-state index contributed by atoms with van der Waals surface area (Å²) in [6.45, 7) is 6.33. The Hall–Kier alpha value is -3.39. The molecule has 0 unspecified atom stereocenters. The minimum absolute atomic E-state index is 0.0311. The second-order valence-corrected chi connectivity index (χ2v) is 8.81. The van der Waals surface area contributed by atoms with Gasteiger partial charge >= 0.3 is 0 Å². The number of hydrogen-bond acceptors (Lipinski definition) is 5. The molecule has 34 heavy (non-hydrogen) atoms. The van der Waals surface area contributed by atoms with E-state index in [2.05, 4.69) is 5.32 Å². The minimum atomic E-state index is -0.280. The number of nitrogens with one attached hydrogen (secondary N) is 1. The summed E-state index contributed by atoms with van der Waals surface area (Å²) in [5, 5.41) is 2.72. The lowest BCUT2D eigenvalue weighted by Crippen LogP contribution is -2.48. The van der Waals surface area contributed by atoms with Gasteiger partial charge in [0.05, 0.1) is 17.7 Å². The summed E-state index contributed by atoms with van der Waals surface area (Å²) in [5.74, 6) is -0.196. The molecule has 0 aliphatic carbocycles. The number of anilines is 1. The van der Waals surface area contributed by atoms with Crippen LogP contribution in [0, 0.1) is 5.92 Å². The van der Waals surface area contributed by atoms with E-state index in [0.29, 0.717) is 35.7 Å². The van der Waals surface area contributed by atoms with Crippen molar-refractivity contribution in [3.63, 3.8) is 0 Å². The Kier molecular flexibility index (Phi) is 8.28. The number of carbonyl (C=O) groups is 3. The molecule has 1 aliphatic heterocycles. The number of benzene rings is 2. The van der Waals surface area contributed by atoms with E-state index in [0.717, 1.165) is 0 Å². The zero-order valence-electron chi connectivity index (χ0n) is 20.4.